The van der Waals surface area contributed by atoms with Crippen LogP contribution in [0.15, 0.2) is 60.7 Å². The number of aromatic nitrogens is 2. The molecule has 0 aliphatic heterocycles. The van der Waals surface area contributed by atoms with Gasteiger partial charge in [-0.15, -0.1) is 0 Å². The molecular weight excluding hydrogens is 356 g/mol. The van der Waals surface area contributed by atoms with Crippen molar-refractivity contribution in [3.8, 4) is 16.9 Å². The van der Waals surface area contributed by atoms with Crippen LogP contribution in [0.2, 0.25) is 0 Å². The average Bonchev–Trinajstić information content (AvgIpc) is 3.20. The van der Waals surface area contributed by atoms with Gasteiger partial charge in [0.2, 0.25) is 0 Å². The lowest BCUT2D eigenvalue weighted by atomic mass is 10.1. The SMILES string of the molecule is CCCc1cc(C(=O)NNC(=O)COc2ccccc2-c2ccccc2)n[nH]1. The van der Waals surface area contributed by atoms with E-state index >= 15 is 0 Å². The van der Waals surface area contributed by atoms with Crippen LogP contribution in [0.4, 0.5) is 0 Å². The van der Waals surface area contributed by atoms with Gasteiger partial charge in [-0.05, 0) is 24.1 Å². The minimum Gasteiger partial charge on any atom is -0.483 e. The number of aromatic amines is 1. The predicted octanol–water partition coefficient (Wildman–Crippen LogP) is 2.87. The largest absolute Gasteiger partial charge is 0.483 e. The van der Waals surface area contributed by atoms with Gasteiger partial charge in [-0.25, -0.2) is 0 Å². The highest BCUT2D eigenvalue weighted by molar-refractivity contribution is 5.93. The number of carbonyl (C=O) groups is 2. The highest BCUT2D eigenvalue weighted by Crippen LogP contribution is 2.29. The monoisotopic (exact) mass is 378 g/mol. The Hall–Kier alpha value is -3.61. The number of aryl methyl sites for hydroxylation is 1. The van der Waals surface area contributed by atoms with Crippen LogP contribution in [0.1, 0.15) is 29.5 Å². The number of rotatable bonds is 7. The summed E-state index contributed by atoms with van der Waals surface area (Å²) in [6.45, 7) is 1.81. The molecule has 7 heteroatoms. The fourth-order valence-electron chi connectivity index (χ4n) is 2.69. The summed E-state index contributed by atoms with van der Waals surface area (Å²) < 4.78 is 5.64. The molecule has 3 N–H and O–H groups in total. The maximum Gasteiger partial charge on any atom is 0.290 e. The second-order valence-corrected chi connectivity index (χ2v) is 6.18. The number of benzene rings is 2. The first-order chi connectivity index (χ1) is 13.7. The van der Waals surface area contributed by atoms with Crippen molar-refractivity contribution in [2.45, 2.75) is 19.8 Å². The summed E-state index contributed by atoms with van der Waals surface area (Å²) in [6.07, 6.45) is 1.75. The number of H-pyrrole nitrogens is 1. The molecule has 0 aliphatic carbocycles. The third kappa shape index (κ3) is 4.97. The van der Waals surface area contributed by atoms with Gasteiger partial charge in [0, 0.05) is 11.3 Å². The number of ether oxygens (including phenoxy) is 1. The lowest BCUT2D eigenvalue weighted by Gasteiger charge is -2.12. The Morgan fingerprint density at radius 1 is 1.04 bits per heavy atom. The lowest BCUT2D eigenvalue weighted by Crippen LogP contribution is -2.44. The van der Waals surface area contributed by atoms with Gasteiger partial charge < -0.3 is 4.74 Å². The normalized spacial score (nSPS) is 10.3. The van der Waals surface area contributed by atoms with Crippen LogP contribution in [0.3, 0.4) is 0 Å². The van der Waals surface area contributed by atoms with Gasteiger partial charge in [0.25, 0.3) is 11.8 Å². The molecule has 1 heterocycles. The van der Waals surface area contributed by atoms with Crippen molar-refractivity contribution in [1.29, 1.82) is 0 Å². The van der Waals surface area contributed by atoms with E-state index in [1.807, 2.05) is 55.5 Å². The van der Waals surface area contributed by atoms with Gasteiger partial charge in [0.1, 0.15) is 5.75 Å². The zero-order valence-electron chi connectivity index (χ0n) is 15.6. The van der Waals surface area contributed by atoms with Crippen LogP contribution in [0.25, 0.3) is 11.1 Å². The molecule has 7 nitrogen and oxygen atoms in total. The van der Waals surface area contributed by atoms with Crippen LogP contribution in [0, 0.1) is 0 Å². The van der Waals surface area contributed by atoms with Crippen LogP contribution < -0.4 is 15.6 Å². The molecule has 3 aromatic rings. The summed E-state index contributed by atoms with van der Waals surface area (Å²) in [6, 6.07) is 18.9. The maximum absolute atomic E-state index is 12.0. The van der Waals surface area contributed by atoms with Gasteiger partial charge >= 0.3 is 0 Å². The number of hydrogen-bond donors (Lipinski definition) is 3. The topological polar surface area (TPSA) is 96.1 Å². The first-order valence-electron chi connectivity index (χ1n) is 9.08. The molecule has 0 saturated heterocycles. The van der Waals surface area contributed by atoms with Gasteiger partial charge in [0.15, 0.2) is 12.3 Å². The lowest BCUT2D eigenvalue weighted by molar-refractivity contribution is -0.123. The molecule has 0 atom stereocenters. The van der Waals surface area contributed by atoms with E-state index in [1.54, 1.807) is 12.1 Å². The molecule has 2 amide bonds. The Balaban J connectivity index is 1.53. The molecule has 28 heavy (non-hydrogen) atoms. The van der Waals surface area contributed by atoms with Crippen molar-refractivity contribution < 1.29 is 14.3 Å². The fraction of sp³-hybridized carbons (Fsp3) is 0.190. The third-order valence-corrected chi connectivity index (χ3v) is 4.03. The summed E-state index contributed by atoms with van der Waals surface area (Å²) in [7, 11) is 0. The molecule has 0 spiro atoms. The first-order valence-corrected chi connectivity index (χ1v) is 9.08. The van der Waals surface area contributed by atoms with Gasteiger partial charge in [-0.1, -0.05) is 61.9 Å². The van der Waals surface area contributed by atoms with Crippen molar-refractivity contribution in [2.24, 2.45) is 0 Å². The van der Waals surface area contributed by atoms with E-state index in [0.29, 0.717) is 5.75 Å². The van der Waals surface area contributed by atoms with Crippen LogP contribution in [-0.4, -0.2) is 28.6 Å². The average molecular weight is 378 g/mol. The summed E-state index contributed by atoms with van der Waals surface area (Å²) in [5.41, 5.74) is 7.65. The Labute approximate surface area is 163 Å². The predicted molar refractivity (Wildman–Crippen MR) is 106 cm³/mol. The summed E-state index contributed by atoms with van der Waals surface area (Å²) >= 11 is 0. The van der Waals surface area contributed by atoms with Crippen molar-refractivity contribution >= 4 is 11.8 Å². The molecule has 0 saturated carbocycles. The number of nitrogens with one attached hydrogen (secondary N) is 3. The molecule has 0 unspecified atom stereocenters. The maximum atomic E-state index is 12.0. The second-order valence-electron chi connectivity index (χ2n) is 6.18. The molecular formula is C21H22N4O3. The molecule has 1 aromatic heterocycles. The van der Waals surface area contributed by atoms with Crippen LogP contribution >= 0.6 is 0 Å². The summed E-state index contributed by atoms with van der Waals surface area (Å²) in [5.74, 6) is -0.371. The molecule has 0 radical (unpaired) electrons. The van der Waals surface area contributed by atoms with Gasteiger partial charge in [-0.2, -0.15) is 5.10 Å². The van der Waals surface area contributed by atoms with Gasteiger partial charge in [-0.3, -0.25) is 25.5 Å². The number of nitrogens with zero attached hydrogens (tertiary/aromatic N) is 1. The van der Waals surface area contributed by atoms with Crippen molar-refractivity contribution in [2.75, 3.05) is 6.61 Å². The van der Waals surface area contributed by atoms with E-state index in [1.165, 1.54) is 0 Å². The number of para-hydroxylation sites is 1. The summed E-state index contributed by atoms with van der Waals surface area (Å²) in [5, 5.41) is 6.73. The zero-order chi connectivity index (χ0) is 19.8. The Kier molecular flexibility index (Phi) is 6.41. The second kappa shape index (κ2) is 9.36. The highest BCUT2D eigenvalue weighted by Gasteiger charge is 2.12. The standard InChI is InChI=1S/C21H22N4O3/c1-2-8-16-13-18(23-22-16)21(27)25-24-20(26)14-28-19-12-7-6-11-17(19)15-9-4-3-5-10-15/h3-7,9-13H,2,8,14H2,1H3,(H,22,23)(H,24,26)(H,25,27). The quantitative estimate of drug-likeness (QED) is 0.551. The van der Waals surface area contributed by atoms with E-state index in [0.717, 1.165) is 29.7 Å². The first kappa shape index (κ1) is 19.2. The number of hydrazine groups is 1. The van der Waals surface area contributed by atoms with E-state index in [9.17, 15) is 9.59 Å². The van der Waals surface area contributed by atoms with E-state index < -0.39 is 11.8 Å². The van der Waals surface area contributed by atoms with Gasteiger partial charge in [0.05, 0.1) is 0 Å². The summed E-state index contributed by atoms with van der Waals surface area (Å²) in [4.78, 5) is 24.1. The third-order valence-electron chi connectivity index (χ3n) is 4.03. The molecule has 0 aliphatic rings. The van der Waals surface area contributed by atoms with E-state index in [2.05, 4.69) is 21.0 Å². The zero-order valence-corrected chi connectivity index (χ0v) is 15.6. The molecule has 0 fully saturated rings. The minimum absolute atomic E-state index is 0.221. The highest BCUT2D eigenvalue weighted by atomic mass is 16.5. The van der Waals surface area contributed by atoms with Crippen LogP contribution in [0.5, 0.6) is 5.75 Å². The van der Waals surface area contributed by atoms with Crippen molar-refractivity contribution in [3.63, 3.8) is 0 Å². The number of hydrogen-bond acceptors (Lipinski definition) is 4. The van der Waals surface area contributed by atoms with Crippen molar-refractivity contribution in [1.82, 2.24) is 21.0 Å². The van der Waals surface area contributed by atoms with E-state index in [-0.39, 0.29) is 12.3 Å². The minimum atomic E-state index is -0.489. The number of amides is 2. The molecule has 0 bridgehead atoms. The molecule has 2 aromatic carbocycles. The molecule has 144 valence electrons. The number of carbonyl (C=O) groups excluding carboxylic acids is 2. The fourth-order valence-corrected chi connectivity index (χ4v) is 2.69. The van der Waals surface area contributed by atoms with Crippen LogP contribution in [-0.2, 0) is 11.2 Å². The van der Waals surface area contributed by atoms with Crippen molar-refractivity contribution in [3.05, 3.63) is 72.1 Å². The Morgan fingerprint density at radius 2 is 1.79 bits per heavy atom. The van der Waals surface area contributed by atoms with E-state index in [4.69, 9.17) is 4.74 Å². The molecule has 3 rings (SSSR count). The smallest absolute Gasteiger partial charge is 0.290 e. The Morgan fingerprint density at radius 3 is 2.57 bits per heavy atom. The Bertz CT molecular complexity index is 938.